The van der Waals surface area contributed by atoms with Crippen LogP contribution in [0.3, 0.4) is 0 Å². The van der Waals surface area contributed by atoms with Crippen LogP contribution < -0.4 is 4.90 Å². The van der Waals surface area contributed by atoms with E-state index in [4.69, 9.17) is 4.74 Å². The molecule has 0 aromatic carbocycles. The summed E-state index contributed by atoms with van der Waals surface area (Å²) in [5, 5.41) is 1.01. The molecule has 3 rings (SSSR count). The summed E-state index contributed by atoms with van der Waals surface area (Å²) in [5.74, 6) is 0.815. The van der Waals surface area contributed by atoms with Crippen LogP contribution in [-0.4, -0.2) is 37.1 Å². The summed E-state index contributed by atoms with van der Waals surface area (Å²) < 4.78 is 5.55. The van der Waals surface area contributed by atoms with E-state index in [1.165, 1.54) is 4.88 Å². The van der Waals surface area contributed by atoms with E-state index >= 15 is 0 Å². The number of fused-ring (bicyclic) bond motifs is 1. The van der Waals surface area contributed by atoms with Gasteiger partial charge in [-0.15, -0.1) is 11.3 Å². The van der Waals surface area contributed by atoms with E-state index in [0.29, 0.717) is 12.3 Å². The number of hydrogen-bond acceptors (Lipinski definition) is 5. The summed E-state index contributed by atoms with van der Waals surface area (Å²) in [6.07, 6.45) is 4.04. The average molecular weight is 280 g/mol. The predicted molar refractivity (Wildman–Crippen MR) is 76.2 cm³/mol. The highest BCUT2D eigenvalue weighted by molar-refractivity contribution is 7.16. The number of ether oxygens (including phenoxy) is 1. The number of hydrogen-bond donors (Lipinski definition) is 0. The molecule has 2 unspecified atom stereocenters. The first-order chi connectivity index (χ1) is 9.19. The SMILES string of the molecule is COC1CN(c2nc3c(s2)CCCC3=O)CCC1C. The van der Waals surface area contributed by atoms with E-state index in [1.807, 2.05) is 0 Å². The smallest absolute Gasteiger partial charge is 0.186 e. The third-order valence-corrected chi connectivity index (χ3v) is 5.40. The second-order valence-electron chi connectivity index (χ2n) is 5.53. The number of methoxy groups -OCH3 is 1. The van der Waals surface area contributed by atoms with Crippen molar-refractivity contribution in [2.75, 3.05) is 25.1 Å². The molecule has 0 spiro atoms. The fraction of sp³-hybridized carbons (Fsp3) is 0.714. The molecule has 0 radical (unpaired) electrons. The number of anilines is 1. The summed E-state index contributed by atoms with van der Waals surface area (Å²) in [7, 11) is 1.78. The number of aromatic nitrogens is 1. The zero-order valence-corrected chi connectivity index (χ0v) is 12.3. The number of nitrogens with zero attached hydrogens (tertiary/aromatic N) is 2. The molecule has 0 N–H and O–H groups in total. The zero-order chi connectivity index (χ0) is 13.4. The lowest BCUT2D eigenvalue weighted by Crippen LogP contribution is -2.43. The molecule has 1 aromatic rings. The molecule has 2 aliphatic rings. The fourth-order valence-corrected chi connectivity index (χ4v) is 4.06. The van der Waals surface area contributed by atoms with Crippen LogP contribution in [0.25, 0.3) is 0 Å². The summed E-state index contributed by atoms with van der Waals surface area (Å²) >= 11 is 1.70. The van der Waals surface area contributed by atoms with Gasteiger partial charge in [-0.3, -0.25) is 4.79 Å². The fourth-order valence-electron chi connectivity index (χ4n) is 2.90. The molecule has 0 bridgehead atoms. The highest BCUT2D eigenvalue weighted by Crippen LogP contribution is 2.34. The lowest BCUT2D eigenvalue weighted by Gasteiger charge is -2.36. The molecule has 19 heavy (non-hydrogen) atoms. The molecular formula is C14H20N2O2S. The van der Waals surface area contributed by atoms with Crippen molar-refractivity contribution < 1.29 is 9.53 Å². The number of aryl methyl sites for hydroxylation is 1. The molecule has 104 valence electrons. The Morgan fingerprint density at radius 2 is 2.26 bits per heavy atom. The van der Waals surface area contributed by atoms with Crippen molar-refractivity contribution in [3.63, 3.8) is 0 Å². The minimum atomic E-state index is 0.220. The van der Waals surface area contributed by atoms with Crippen LogP contribution in [-0.2, 0) is 11.2 Å². The second-order valence-corrected chi connectivity index (χ2v) is 6.59. The summed E-state index contributed by atoms with van der Waals surface area (Å²) in [6, 6.07) is 0. The van der Waals surface area contributed by atoms with Crippen molar-refractivity contribution in [2.45, 2.75) is 38.7 Å². The summed E-state index contributed by atoms with van der Waals surface area (Å²) in [6.45, 7) is 4.14. The lowest BCUT2D eigenvalue weighted by molar-refractivity contribution is 0.0498. The van der Waals surface area contributed by atoms with Gasteiger partial charge < -0.3 is 9.64 Å². The van der Waals surface area contributed by atoms with E-state index in [9.17, 15) is 4.79 Å². The topological polar surface area (TPSA) is 42.4 Å². The zero-order valence-electron chi connectivity index (χ0n) is 11.5. The molecule has 0 amide bonds. The van der Waals surface area contributed by atoms with Crippen LogP contribution in [0.5, 0.6) is 0 Å². The first-order valence-corrected chi connectivity index (χ1v) is 7.81. The van der Waals surface area contributed by atoms with E-state index < -0.39 is 0 Å². The van der Waals surface area contributed by atoms with Gasteiger partial charge in [-0.2, -0.15) is 0 Å². The largest absolute Gasteiger partial charge is 0.379 e. The van der Waals surface area contributed by atoms with Crippen LogP contribution >= 0.6 is 11.3 Å². The number of rotatable bonds is 2. The average Bonchev–Trinajstić information content (AvgIpc) is 2.85. The highest BCUT2D eigenvalue weighted by Gasteiger charge is 2.30. The Hall–Kier alpha value is -0.940. The van der Waals surface area contributed by atoms with Crippen molar-refractivity contribution in [3.8, 4) is 0 Å². The van der Waals surface area contributed by atoms with Gasteiger partial charge in [0.05, 0.1) is 6.10 Å². The molecule has 5 heteroatoms. The van der Waals surface area contributed by atoms with Gasteiger partial charge >= 0.3 is 0 Å². The second kappa shape index (κ2) is 5.21. The number of carbonyl (C=O) groups is 1. The third kappa shape index (κ3) is 2.41. The van der Waals surface area contributed by atoms with Crippen molar-refractivity contribution >= 4 is 22.3 Å². The van der Waals surface area contributed by atoms with Gasteiger partial charge in [0.1, 0.15) is 5.69 Å². The number of ketones is 1. The van der Waals surface area contributed by atoms with Gasteiger partial charge in [0.2, 0.25) is 0 Å². The van der Waals surface area contributed by atoms with E-state index in [0.717, 1.165) is 43.2 Å². The molecule has 1 aliphatic carbocycles. The Morgan fingerprint density at radius 1 is 1.42 bits per heavy atom. The van der Waals surface area contributed by atoms with Crippen LogP contribution in [0.1, 0.15) is 41.6 Å². The van der Waals surface area contributed by atoms with Gasteiger partial charge in [0.15, 0.2) is 10.9 Å². The Kier molecular flexibility index (Phi) is 3.58. The maximum absolute atomic E-state index is 11.9. The minimum Gasteiger partial charge on any atom is -0.379 e. The van der Waals surface area contributed by atoms with Crippen LogP contribution in [0.2, 0.25) is 0 Å². The van der Waals surface area contributed by atoms with Gasteiger partial charge in [0, 0.05) is 31.5 Å². The van der Waals surface area contributed by atoms with Crippen LogP contribution in [0, 0.1) is 5.92 Å². The molecular weight excluding hydrogens is 260 g/mol. The quantitative estimate of drug-likeness (QED) is 0.835. The van der Waals surface area contributed by atoms with Crippen molar-refractivity contribution in [2.24, 2.45) is 5.92 Å². The number of thiazole rings is 1. The lowest BCUT2D eigenvalue weighted by atomic mass is 9.96. The third-order valence-electron chi connectivity index (χ3n) is 4.22. The highest BCUT2D eigenvalue weighted by atomic mass is 32.1. The van der Waals surface area contributed by atoms with Crippen LogP contribution in [0.4, 0.5) is 5.13 Å². The first kappa shape index (κ1) is 13.1. The van der Waals surface area contributed by atoms with Gasteiger partial charge in [-0.05, 0) is 25.2 Å². The molecule has 1 aliphatic heterocycles. The molecule has 1 saturated heterocycles. The van der Waals surface area contributed by atoms with E-state index in [2.05, 4.69) is 16.8 Å². The Morgan fingerprint density at radius 3 is 3.00 bits per heavy atom. The Bertz CT molecular complexity index is 486. The minimum absolute atomic E-state index is 0.220. The van der Waals surface area contributed by atoms with Gasteiger partial charge in [0.25, 0.3) is 0 Å². The van der Waals surface area contributed by atoms with Gasteiger partial charge in [-0.1, -0.05) is 6.92 Å². The molecule has 2 heterocycles. The first-order valence-electron chi connectivity index (χ1n) is 6.99. The summed E-state index contributed by atoms with van der Waals surface area (Å²) in [4.78, 5) is 19.9. The van der Waals surface area contributed by atoms with Crippen molar-refractivity contribution in [3.05, 3.63) is 10.6 Å². The van der Waals surface area contributed by atoms with E-state index in [1.54, 1.807) is 18.4 Å². The molecule has 4 nitrogen and oxygen atoms in total. The van der Waals surface area contributed by atoms with Crippen molar-refractivity contribution in [1.29, 1.82) is 0 Å². The predicted octanol–water partition coefficient (Wildman–Crippen LogP) is 2.52. The molecule has 0 saturated carbocycles. The standard InChI is InChI=1S/C14H20N2O2S/c1-9-6-7-16(8-11(9)18-2)14-15-13-10(17)4-3-5-12(13)19-14/h9,11H,3-8H2,1-2H3. The monoisotopic (exact) mass is 280 g/mol. The van der Waals surface area contributed by atoms with Crippen molar-refractivity contribution in [1.82, 2.24) is 4.98 Å². The van der Waals surface area contributed by atoms with E-state index in [-0.39, 0.29) is 11.9 Å². The Labute approximate surface area is 117 Å². The normalized spacial score (nSPS) is 27.5. The molecule has 1 aromatic heterocycles. The maximum atomic E-state index is 11.9. The van der Waals surface area contributed by atoms with Gasteiger partial charge in [-0.25, -0.2) is 4.98 Å². The Balaban J connectivity index is 1.81. The maximum Gasteiger partial charge on any atom is 0.186 e. The number of piperidine rings is 1. The molecule has 2 atom stereocenters. The number of Topliss-reactive ketones (excluding diaryl/α,β-unsaturated/α-hetero) is 1. The molecule has 1 fully saturated rings. The summed E-state index contributed by atoms with van der Waals surface area (Å²) in [5.41, 5.74) is 0.735. The number of carbonyl (C=O) groups excluding carboxylic acids is 1. The van der Waals surface area contributed by atoms with Crippen LogP contribution in [0.15, 0.2) is 0 Å².